The molecule has 0 spiro atoms. The summed E-state index contributed by atoms with van der Waals surface area (Å²) in [6, 6.07) is 70.9. The highest BCUT2D eigenvalue weighted by Gasteiger charge is 2.18. The Hall–Kier alpha value is -6.90. The molecule has 2 nitrogen and oxygen atoms in total. The van der Waals surface area contributed by atoms with Gasteiger partial charge in [0.25, 0.3) is 0 Å². The highest BCUT2D eigenvalue weighted by Crippen LogP contribution is 2.42. The molecular weight excluding hydrogens is 629 g/mol. The number of hydrogen-bond donors (Lipinski definition) is 0. The molecule has 9 aromatic carbocycles. The van der Waals surface area contributed by atoms with Crippen LogP contribution in [-0.4, -0.2) is 9.13 Å². The Kier molecular flexibility index (Phi) is 6.28. The molecule has 52 heavy (non-hydrogen) atoms. The summed E-state index contributed by atoms with van der Waals surface area (Å²) in [5.74, 6) is 0. The fraction of sp³-hybridized carbons (Fsp3) is 0. The average Bonchev–Trinajstić information content (AvgIpc) is 3.73. The van der Waals surface area contributed by atoms with Crippen molar-refractivity contribution in [1.29, 1.82) is 0 Å². The average molecular weight is 661 g/mol. The van der Waals surface area contributed by atoms with Crippen LogP contribution >= 0.6 is 0 Å². The minimum Gasteiger partial charge on any atom is -0.309 e. The molecule has 2 heterocycles. The van der Waals surface area contributed by atoms with E-state index in [0.717, 1.165) is 0 Å². The number of benzene rings is 9. The summed E-state index contributed by atoms with van der Waals surface area (Å²) in [4.78, 5) is 0. The monoisotopic (exact) mass is 660 g/mol. The molecule has 0 atom stereocenters. The van der Waals surface area contributed by atoms with Gasteiger partial charge in [-0.1, -0.05) is 140 Å². The standard InChI is InChI=1S/C50H32N2/c1-3-14-36(15-4-1)51-47-22-12-11-21-43(47)45-31-34(24-29-48(45)51)38-27-28-39(42-20-10-9-19-41(38)42)35-25-30-49-46(32-35)44-26-23-33-13-7-8-18-40(33)50(44)52(49)37-16-5-2-6-17-37/h1-32H. The quantitative estimate of drug-likeness (QED) is 0.178. The predicted molar refractivity (Wildman–Crippen MR) is 221 cm³/mol. The van der Waals surface area contributed by atoms with Gasteiger partial charge in [-0.15, -0.1) is 0 Å². The minimum atomic E-state index is 1.17. The Balaban J connectivity index is 1.11. The van der Waals surface area contributed by atoms with Crippen LogP contribution in [0.2, 0.25) is 0 Å². The zero-order valence-electron chi connectivity index (χ0n) is 28.4. The lowest BCUT2D eigenvalue weighted by atomic mass is 9.91. The van der Waals surface area contributed by atoms with Crippen LogP contribution in [0, 0.1) is 0 Å². The van der Waals surface area contributed by atoms with E-state index in [1.54, 1.807) is 0 Å². The van der Waals surface area contributed by atoms with E-state index < -0.39 is 0 Å². The SMILES string of the molecule is c1ccc(-n2c3ccccc3c3cc(-c4ccc(-c5ccc6c(c5)c5ccc7ccccc7c5n6-c5ccccc5)c5ccccc45)ccc32)cc1. The van der Waals surface area contributed by atoms with Gasteiger partial charge in [0.1, 0.15) is 0 Å². The molecule has 242 valence electrons. The van der Waals surface area contributed by atoms with Gasteiger partial charge < -0.3 is 9.13 Å². The van der Waals surface area contributed by atoms with Crippen LogP contribution in [0.1, 0.15) is 0 Å². The third kappa shape index (κ3) is 4.25. The topological polar surface area (TPSA) is 9.86 Å². The van der Waals surface area contributed by atoms with Gasteiger partial charge in [0.2, 0.25) is 0 Å². The van der Waals surface area contributed by atoms with Crippen LogP contribution in [-0.2, 0) is 0 Å². The van der Waals surface area contributed by atoms with E-state index in [-0.39, 0.29) is 0 Å². The van der Waals surface area contributed by atoms with E-state index in [9.17, 15) is 0 Å². The molecule has 0 amide bonds. The van der Waals surface area contributed by atoms with E-state index in [2.05, 4.69) is 203 Å². The summed E-state index contributed by atoms with van der Waals surface area (Å²) in [6.45, 7) is 0. The van der Waals surface area contributed by atoms with E-state index in [1.165, 1.54) is 98.8 Å². The molecule has 0 radical (unpaired) electrons. The van der Waals surface area contributed by atoms with Crippen LogP contribution in [0.3, 0.4) is 0 Å². The van der Waals surface area contributed by atoms with Crippen LogP contribution < -0.4 is 0 Å². The smallest absolute Gasteiger partial charge is 0.0619 e. The molecule has 0 aliphatic rings. The lowest BCUT2D eigenvalue weighted by Gasteiger charge is -2.13. The van der Waals surface area contributed by atoms with Crippen LogP contribution in [0.5, 0.6) is 0 Å². The maximum atomic E-state index is 2.43. The third-order valence-corrected chi connectivity index (χ3v) is 10.9. The van der Waals surface area contributed by atoms with Crippen molar-refractivity contribution in [3.63, 3.8) is 0 Å². The van der Waals surface area contributed by atoms with Gasteiger partial charge in [-0.25, -0.2) is 0 Å². The van der Waals surface area contributed by atoms with Crippen molar-refractivity contribution in [3.8, 4) is 33.6 Å². The van der Waals surface area contributed by atoms with Gasteiger partial charge in [-0.3, -0.25) is 0 Å². The number of fused-ring (bicyclic) bond motifs is 9. The second-order valence-corrected chi connectivity index (χ2v) is 13.7. The van der Waals surface area contributed by atoms with E-state index in [1.807, 2.05) is 0 Å². The second kappa shape index (κ2) is 11.3. The Morgan fingerprint density at radius 1 is 0.269 bits per heavy atom. The second-order valence-electron chi connectivity index (χ2n) is 13.7. The number of nitrogens with zero attached hydrogens (tertiary/aromatic N) is 2. The summed E-state index contributed by atoms with van der Waals surface area (Å²) < 4.78 is 4.81. The van der Waals surface area contributed by atoms with E-state index in [0.29, 0.717) is 0 Å². The van der Waals surface area contributed by atoms with Gasteiger partial charge >= 0.3 is 0 Å². The van der Waals surface area contributed by atoms with Crippen molar-refractivity contribution in [2.75, 3.05) is 0 Å². The van der Waals surface area contributed by atoms with Crippen molar-refractivity contribution < 1.29 is 0 Å². The molecule has 0 fully saturated rings. The van der Waals surface area contributed by atoms with Gasteiger partial charge in [0.05, 0.1) is 22.1 Å². The minimum absolute atomic E-state index is 1.17. The van der Waals surface area contributed by atoms with Crippen molar-refractivity contribution in [3.05, 3.63) is 194 Å². The number of hydrogen-bond acceptors (Lipinski definition) is 0. The molecule has 2 aromatic heterocycles. The fourth-order valence-corrected chi connectivity index (χ4v) is 8.59. The number of rotatable bonds is 4. The zero-order valence-corrected chi connectivity index (χ0v) is 28.4. The first kappa shape index (κ1) is 28.9. The lowest BCUT2D eigenvalue weighted by molar-refractivity contribution is 1.18. The summed E-state index contributed by atoms with van der Waals surface area (Å²) in [5, 5.41) is 10.1. The fourth-order valence-electron chi connectivity index (χ4n) is 8.59. The highest BCUT2D eigenvalue weighted by molar-refractivity contribution is 6.20. The van der Waals surface area contributed by atoms with Crippen molar-refractivity contribution in [1.82, 2.24) is 9.13 Å². The summed E-state index contributed by atoms with van der Waals surface area (Å²) in [5.41, 5.74) is 12.2. The normalized spacial score (nSPS) is 11.8. The first-order valence-corrected chi connectivity index (χ1v) is 17.9. The molecule has 11 rings (SSSR count). The molecular formula is C50H32N2. The molecule has 0 bridgehead atoms. The van der Waals surface area contributed by atoms with Crippen LogP contribution in [0.15, 0.2) is 194 Å². The van der Waals surface area contributed by atoms with Gasteiger partial charge in [0.15, 0.2) is 0 Å². The van der Waals surface area contributed by atoms with Gasteiger partial charge in [-0.2, -0.15) is 0 Å². The third-order valence-electron chi connectivity index (χ3n) is 10.9. The largest absolute Gasteiger partial charge is 0.309 e. The molecule has 0 unspecified atom stereocenters. The van der Waals surface area contributed by atoms with Crippen molar-refractivity contribution >= 4 is 65.2 Å². The highest BCUT2D eigenvalue weighted by atomic mass is 15.0. The van der Waals surface area contributed by atoms with E-state index >= 15 is 0 Å². The Morgan fingerprint density at radius 2 is 0.750 bits per heavy atom. The van der Waals surface area contributed by atoms with Gasteiger partial charge in [-0.05, 0) is 93.0 Å². The van der Waals surface area contributed by atoms with E-state index in [4.69, 9.17) is 0 Å². The van der Waals surface area contributed by atoms with Crippen molar-refractivity contribution in [2.45, 2.75) is 0 Å². The molecule has 0 aliphatic heterocycles. The maximum Gasteiger partial charge on any atom is 0.0619 e. The van der Waals surface area contributed by atoms with Crippen LogP contribution in [0.4, 0.5) is 0 Å². The lowest BCUT2D eigenvalue weighted by Crippen LogP contribution is -1.94. The molecule has 0 saturated carbocycles. The Labute approximate surface area is 301 Å². The molecule has 0 aliphatic carbocycles. The Bertz CT molecular complexity index is 3160. The first-order valence-electron chi connectivity index (χ1n) is 17.9. The maximum absolute atomic E-state index is 2.43. The zero-order chi connectivity index (χ0) is 34.2. The van der Waals surface area contributed by atoms with Crippen molar-refractivity contribution in [2.24, 2.45) is 0 Å². The number of aromatic nitrogens is 2. The Morgan fingerprint density at radius 3 is 1.40 bits per heavy atom. The molecule has 0 N–H and O–H groups in total. The first-order chi connectivity index (χ1) is 25.8. The summed E-state index contributed by atoms with van der Waals surface area (Å²) in [7, 11) is 0. The van der Waals surface area contributed by atoms with Crippen LogP contribution in [0.25, 0.3) is 98.8 Å². The molecule has 11 aromatic rings. The number of para-hydroxylation sites is 3. The summed E-state index contributed by atoms with van der Waals surface area (Å²) >= 11 is 0. The molecule has 0 saturated heterocycles. The predicted octanol–water partition coefficient (Wildman–Crippen LogP) is 13.5. The molecule has 2 heteroatoms. The summed E-state index contributed by atoms with van der Waals surface area (Å²) in [6.07, 6.45) is 0. The van der Waals surface area contributed by atoms with Gasteiger partial charge in [0, 0.05) is 38.3 Å².